The quantitative estimate of drug-likeness (QED) is 0.127. The van der Waals surface area contributed by atoms with Crippen molar-refractivity contribution in [1.82, 2.24) is 35.1 Å². The molecule has 0 aliphatic carbocycles. The Bertz CT molecular complexity index is 2510. The van der Waals surface area contributed by atoms with Crippen LogP contribution in [-0.4, -0.2) is 81.6 Å². The second-order valence-electron chi connectivity index (χ2n) is 15.5. The number of likely N-dealkylation sites (tertiary alicyclic amines) is 2. The summed E-state index contributed by atoms with van der Waals surface area (Å²) in [7, 11) is 3.00. The number of fused-ring (bicyclic) bond motifs is 6. The van der Waals surface area contributed by atoms with E-state index in [1.807, 2.05) is 59.3 Å². The van der Waals surface area contributed by atoms with E-state index in [1.54, 1.807) is 7.11 Å². The number of carbonyl (C=O) groups excluding carboxylic acids is 3. The second-order valence-corrected chi connectivity index (χ2v) is 15.5. The number of alkyl carbamates (subject to hydrolysis) is 1. The number of amides is 3. The summed E-state index contributed by atoms with van der Waals surface area (Å²) < 4.78 is 16.7. The molecule has 4 atom stereocenters. The van der Waals surface area contributed by atoms with E-state index in [-0.39, 0.29) is 29.8 Å². The zero-order chi connectivity index (χ0) is 39.9. The number of imidazole rings is 2. The molecule has 2 fully saturated rings. The van der Waals surface area contributed by atoms with Gasteiger partial charge in [-0.2, -0.15) is 0 Å². The molecular formula is C45H47N7O6. The molecule has 58 heavy (non-hydrogen) atoms. The maximum absolute atomic E-state index is 14.1. The monoisotopic (exact) mass is 781 g/mol. The zero-order valence-electron chi connectivity index (χ0n) is 32.9. The van der Waals surface area contributed by atoms with Gasteiger partial charge in [-0.1, -0.05) is 55.5 Å². The van der Waals surface area contributed by atoms with Gasteiger partial charge in [0.05, 0.1) is 48.7 Å². The lowest BCUT2D eigenvalue weighted by Gasteiger charge is -2.28. The SMILES string of the molecule is CCCC(=O)N1CC(COC)CC1c1ncc(-c2ccc3c(c2)COc2cc4c(ccc5[nH]c(C6CCCN6C(=O)C(NC(=O)OC)c6ccccc6)nc54)cc2-3)[nH]1. The van der Waals surface area contributed by atoms with E-state index in [4.69, 9.17) is 24.2 Å². The molecular weight excluding hydrogens is 735 g/mol. The van der Waals surface area contributed by atoms with Gasteiger partial charge in [-0.15, -0.1) is 0 Å². The van der Waals surface area contributed by atoms with Crippen LogP contribution >= 0.6 is 0 Å². The lowest BCUT2D eigenvalue weighted by atomic mass is 9.92. The fraction of sp³-hybridized carbons (Fsp3) is 0.356. The number of hydrogen-bond acceptors (Lipinski definition) is 8. The summed E-state index contributed by atoms with van der Waals surface area (Å²) in [6.07, 6.45) is 4.89. The minimum absolute atomic E-state index is 0.104. The minimum atomic E-state index is -0.890. The highest BCUT2D eigenvalue weighted by atomic mass is 16.5. The van der Waals surface area contributed by atoms with Crippen molar-refractivity contribution < 1.29 is 28.6 Å². The van der Waals surface area contributed by atoms with Gasteiger partial charge in [0.25, 0.3) is 5.91 Å². The molecule has 0 spiro atoms. The maximum Gasteiger partial charge on any atom is 0.407 e. The highest BCUT2D eigenvalue weighted by Gasteiger charge is 2.39. The minimum Gasteiger partial charge on any atom is -0.488 e. The van der Waals surface area contributed by atoms with E-state index in [1.165, 1.54) is 7.11 Å². The number of nitrogens with zero attached hydrogens (tertiary/aromatic N) is 4. The number of benzene rings is 4. The molecule has 13 heteroatoms. The Morgan fingerprint density at radius 1 is 0.966 bits per heavy atom. The van der Waals surface area contributed by atoms with Crippen molar-refractivity contribution in [3.63, 3.8) is 0 Å². The molecule has 4 unspecified atom stereocenters. The summed E-state index contributed by atoms with van der Waals surface area (Å²) in [5, 5.41) is 4.72. The van der Waals surface area contributed by atoms with Crippen molar-refractivity contribution in [3.8, 4) is 28.1 Å². The first kappa shape index (κ1) is 37.4. The van der Waals surface area contributed by atoms with Crippen LogP contribution in [0.25, 0.3) is 44.2 Å². The number of hydrogen-bond donors (Lipinski definition) is 3. The van der Waals surface area contributed by atoms with Crippen LogP contribution in [0.5, 0.6) is 5.75 Å². The number of aromatic amines is 2. The van der Waals surface area contributed by atoms with Crippen molar-refractivity contribution in [3.05, 3.63) is 102 Å². The van der Waals surface area contributed by atoms with Crippen LogP contribution in [0, 0.1) is 5.92 Å². The summed E-state index contributed by atoms with van der Waals surface area (Å²) >= 11 is 0. The molecule has 0 radical (unpaired) electrons. The molecule has 0 bridgehead atoms. The van der Waals surface area contributed by atoms with Crippen molar-refractivity contribution in [2.24, 2.45) is 5.92 Å². The molecule has 0 saturated carbocycles. The van der Waals surface area contributed by atoms with Gasteiger partial charge in [0.15, 0.2) is 0 Å². The first-order valence-electron chi connectivity index (χ1n) is 20.1. The van der Waals surface area contributed by atoms with Gasteiger partial charge < -0.3 is 39.3 Å². The standard InChI is InChI=1S/C45H47N7O6/c1-4-9-39(53)52-23-26(24-56-2)18-37(52)42-46-22-35(48-42)29-13-15-31-30(19-29)25-58-38-21-32-28(20-33(31)38)14-16-34-41(32)49-43(47-34)36-12-8-17-51(36)44(54)40(50-45(55)57-3)27-10-6-5-7-11-27/h5-7,10-11,13-16,19-22,26,36-37,40H,4,8-9,12,17-18,23-25H2,1-3H3,(H,46,48)(H,47,49)(H,50,55). The van der Waals surface area contributed by atoms with Crippen LogP contribution in [-0.2, 0) is 25.7 Å². The zero-order valence-corrected chi connectivity index (χ0v) is 32.9. The Kier molecular flexibility index (Phi) is 10.1. The number of aromatic nitrogens is 4. The third kappa shape index (κ3) is 6.82. The smallest absolute Gasteiger partial charge is 0.407 e. The van der Waals surface area contributed by atoms with E-state index in [0.29, 0.717) is 44.1 Å². The molecule has 3 amide bonds. The molecule has 6 aromatic rings. The largest absolute Gasteiger partial charge is 0.488 e. The molecule has 3 aliphatic rings. The number of rotatable bonds is 10. The van der Waals surface area contributed by atoms with Crippen LogP contribution < -0.4 is 10.1 Å². The van der Waals surface area contributed by atoms with E-state index < -0.39 is 12.1 Å². The number of nitrogens with one attached hydrogen (secondary N) is 3. The van der Waals surface area contributed by atoms with Crippen LogP contribution in [0.2, 0.25) is 0 Å². The summed E-state index contributed by atoms with van der Waals surface area (Å²) in [5.41, 5.74) is 7.47. The van der Waals surface area contributed by atoms with Gasteiger partial charge in [0.2, 0.25) is 5.91 Å². The molecule has 13 nitrogen and oxygen atoms in total. The summed E-state index contributed by atoms with van der Waals surface area (Å²) in [6.45, 7) is 4.28. The summed E-state index contributed by atoms with van der Waals surface area (Å²) in [6, 6.07) is 22.7. The number of carbonyl (C=O) groups is 3. The molecule has 9 rings (SSSR count). The number of ether oxygens (including phenoxy) is 3. The lowest BCUT2D eigenvalue weighted by molar-refractivity contribution is -0.134. The Morgan fingerprint density at radius 3 is 2.64 bits per heavy atom. The molecule has 3 N–H and O–H groups in total. The topological polar surface area (TPSA) is 155 Å². The number of H-pyrrole nitrogens is 2. The highest BCUT2D eigenvalue weighted by molar-refractivity contribution is 6.07. The average Bonchev–Trinajstić information content (AvgIpc) is 4.08. The maximum atomic E-state index is 14.1. The van der Waals surface area contributed by atoms with E-state index in [2.05, 4.69) is 51.7 Å². The molecule has 3 aliphatic heterocycles. The second kappa shape index (κ2) is 15.6. The fourth-order valence-electron chi connectivity index (χ4n) is 9.05. The molecule has 2 aromatic heterocycles. The summed E-state index contributed by atoms with van der Waals surface area (Å²) in [5.74, 6) is 2.52. The first-order chi connectivity index (χ1) is 28.3. The van der Waals surface area contributed by atoms with Gasteiger partial charge in [-0.3, -0.25) is 9.59 Å². The Labute approximate surface area is 336 Å². The lowest BCUT2D eigenvalue weighted by Crippen LogP contribution is -2.42. The van der Waals surface area contributed by atoms with Crippen LogP contribution in [0.3, 0.4) is 0 Å². The van der Waals surface area contributed by atoms with Crippen LogP contribution in [0.4, 0.5) is 4.79 Å². The fourth-order valence-corrected chi connectivity index (χ4v) is 9.05. The average molecular weight is 782 g/mol. The van der Waals surface area contributed by atoms with Gasteiger partial charge in [-0.25, -0.2) is 14.8 Å². The van der Waals surface area contributed by atoms with E-state index in [9.17, 15) is 14.4 Å². The summed E-state index contributed by atoms with van der Waals surface area (Å²) in [4.78, 5) is 60.2. The Balaban J connectivity index is 0.978. The Morgan fingerprint density at radius 2 is 1.83 bits per heavy atom. The van der Waals surface area contributed by atoms with Crippen molar-refractivity contribution in [2.45, 2.75) is 63.8 Å². The van der Waals surface area contributed by atoms with Crippen LogP contribution in [0.15, 0.2) is 79.0 Å². The number of methoxy groups -OCH3 is 2. The van der Waals surface area contributed by atoms with Crippen molar-refractivity contribution in [1.29, 1.82) is 0 Å². The van der Waals surface area contributed by atoms with Crippen molar-refractivity contribution >= 4 is 39.7 Å². The van der Waals surface area contributed by atoms with Crippen LogP contribution in [0.1, 0.15) is 79.9 Å². The Hall–Kier alpha value is -6.21. The van der Waals surface area contributed by atoms with Crippen molar-refractivity contribution in [2.75, 3.05) is 33.9 Å². The first-order valence-corrected chi connectivity index (χ1v) is 20.1. The highest BCUT2D eigenvalue weighted by Crippen LogP contribution is 2.44. The molecule has 5 heterocycles. The third-order valence-corrected chi connectivity index (χ3v) is 11.8. The van der Waals surface area contributed by atoms with E-state index >= 15 is 0 Å². The third-order valence-electron chi connectivity index (χ3n) is 11.8. The predicted octanol–water partition coefficient (Wildman–Crippen LogP) is 7.76. The van der Waals surface area contributed by atoms with Gasteiger partial charge >= 0.3 is 6.09 Å². The normalized spacial score (nSPS) is 19.2. The van der Waals surface area contributed by atoms with Gasteiger partial charge in [0, 0.05) is 43.5 Å². The molecule has 298 valence electrons. The van der Waals surface area contributed by atoms with Gasteiger partial charge in [0.1, 0.15) is 30.0 Å². The predicted molar refractivity (Wildman–Crippen MR) is 219 cm³/mol. The molecule has 2 saturated heterocycles. The molecule has 4 aromatic carbocycles. The van der Waals surface area contributed by atoms with E-state index in [0.717, 1.165) is 87.0 Å². The van der Waals surface area contributed by atoms with Gasteiger partial charge in [-0.05, 0) is 77.6 Å².